The number of para-hydroxylation sites is 1. The van der Waals surface area contributed by atoms with Crippen molar-refractivity contribution in [1.82, 2.24) is 10.2 Å². The highest BCUT2D eigenvalue weighted by molar-refractivity contribution is 7.92. The number of nitrogens with zero attached hydrogens (tertiary/aromatic N) is 2. The normalized spacial score (nSPS) is 11.7. The Morgan fingerprint density at radius 3 is 1.98 bits per heavy atom. The fraction of sp³-hybridized carbons (Fsp3) is 0.235. The van der Waals surface area contributed by atoms with Gasteiger partial charge in [-0.3, -0.25) is 13.9 Å². The van der Waals surface area contributed by atoms with Crippen LogP contribution in [0, 0.1) is 6.92 Å². The highest BCUT2D eigenvalue weighted by Gasteiger charge is 2.33. The Balaban J connectivity index is 1.71. The Kier molecular flexibility index (Phi) is 10.6. The van der Waals surface area contributed by atoms with Gasteiger partial charge in [0.25, 0.3) is 10.0 Å². The van der Waals surface area contributed by atoms with Crippen LogP contribution in [-0.4, -0.2) is 51.9 Å². The molecule has 230 valence electrons. The maximum absolute atomic E-state index is 14.1. The van der Waals surface area contributed by atoms with E-state index < -0.39 is 28.5 Å². The second-order valence-electron chi connectivity index (χ2n) is 10.1. The summed E-state index contributed by atoms with van der Waals surface area (Å²) >= 11 is 0. The second-order valence-corrected chi connectivity index (χ2v) is 12.0. The van der Waals surface area contributed by atoms with Crippen LogP contribution in [0.5, 0.6) is 17.2 Å². The van der Waals surface area contributed by atoms with Crippen LogP contribution in [0.1, 0.15) is 24.5 Å². The summed E-state index contributed by atoms with van der Waals surface area (Å²) in [6.45, 7) is 3.24. The summed E-state index contributed by atoms with van der Waals surface area (Å²) in [5.41, 5.74) is 1.93. The molecule has 4 rings (SSSR count). The van der Waals surface area contributed by atoms with Gasteiger partial charge in [-0.05, 0) is 79.6 Å². The van der Waals surface area contributed by atoms with Crippen LogP contribution in [0.4, 0.5) is 5.69 Å². The van der Waals surface area contributed by atoms with Gasteiger partial charge in [0, 0.05) is 13.6 Å². The molecule has 0 unspecified atom stereocenters. The van der Waals surface area contributed by atoms with E-state index in [1.165, 1.54) is 24.1 Å². The fourth-order valence-electron chi connectivity index (χ4n) is 4.69. The van der Waals surface area contributed by atoms with E-state index in [1.807, 2.05) is 49.4 Å². The zero-order valence-corrected chi connectivity index (χ0v) is 26.1. The molecule has 0 bridgehead atoms. The summed E-state index contributed by atoms with van der Waals surface area (Å²) < 4.78 is 40.3. The lowest BCUT2D eigenvalue weighted by Crippen LogP contribution is -2.51. The minimum Gasteiger partial charge on any atom is -0.497 e. The first kappa shape index (κ1) is 32.1. The van der Waals surface area contributed by atoms with Gasteiger partial charge in [0.15, 0.2) is 0 Å². The van der Waals surface area contributed by atoms with E-state index in [9.17, 15) is 18.0 Å². The van der Waals surface area contributed by atoms with Crippen LogP contribution < -0.4 is 19.1 Å². The number of methoxy groups -OCH3 is 1. The van der Waals surface area contributed by atoms with Gasteiger partial charge in [0.2, 0.25) is 11.8 Å². The van der Waals surface area contributed by atoms with Crippen LogP contribution in [0.2, 0.25) is 0 Å². The van der Waals surface area contributed by atoms with E-state index in [2.05, 4.69) is 5.32 Å². The van der Waals surface area contributed by atoms with E-state index in [-0.39, 0.29) is 23.0 Å². The number of amides is 2. The average Bonchev–Trinajstić information content (AvgIpc) is 3.04. The molecule has 4 aromatic rings. The molecule has 0 radical (unpaired) electrons. The number of aryl methyl sites for hydroxylation is 1. The standard InChI is InChI=1S/C34H37N3O6S/c1-5-32(34(39)35-3)36(23-26-13-17-28(42-4)18-14-26)33(38)24-37(44(40,41)31-21-11-25(2)12-22-31)27-15-19-30(20-16-27)43-29-9-7-6-8-10-29/h6-22,32H,5,23-24H2,1-4H3,(H,35,39)/t32-/m1/s1. The van der Waals surface area contributed by atoms with Crippen LogP contribution >= 0.6 is 0 Å². The Bertz CT molecular complexity index is 1640. The van der Waals surface area contributed by atoms with Gasteiger partial charge < -0.3 is 19.7 Å². The Hall–Kier alpha value is -4.83. The third kappa shape index (κ3) is 7.76. The molecule has 0 aliphatic rings. The first-order valence-corrected chi connectivity index (χ1v) is 15.7. The van der Waals surface area contributed by atoms with Crippen molar-refractivity contribution >= 4 is 27.5 Å². The Morgan fingerprint density at radius 2 is 1.41 bits per heavy atom. The monoisotopic (exact) mass is 615 g/mol. The largest absolute Gasteiger partial charge is 0.497 e. The molecule has 0 aliphatic heterocycles. The molecule has 0 heterocycles. The van der Waals surface area contributed by atoms with Crippen LogP contribution in [-0.2, 0) is 26.2 Å². The minimum absolute atomic E-state index is 0.0422. The van der Waals surface area contributed by atoms with E-state index in [4.69, 9.17) is 9.47 Å². The summed E-state index contributed by atoms with van der Waals surface area (Å²) in [7, 11) is -1.11. The van der Waals surface area contributed by atoms with Crippen LogP contribution in [0.3, 0.4) is 0 Å². The molecule has 0 spiro atoms. The molecule has 1 atom stereocenters. The molecular formula is C34H37N3O6S. The number of hydrogen-bond acceptors (Lipinski definition) is 6. The number of benzene rings is 4. The molecule has 0 aliphatic carbocycles. The fourth-order valence-corrected chi connectivity index (χ4v) is 6.10. The number of carbonyl (C=O) groups excluding carboxylic acids is 2. The lowest BCUT2D eigenvalue weighted by atomic mass is 10.1. The summed E-state index contributed by atoms with van der Waals surface area (Å²) in [6, 6.07) is 28.5. The number of carbonyl (C=O) groups is 2. The SMILES string of the molecule is CC[C@H](C(=O)NC)N(Cc1ccc(OC)cc1)C(=O)CN(c1ccc(Oc2ccccc2)cc1)S(=O)(=O)c1ccc(C)cc1. The smallest absolute Gasteiger partial charge is 0.264 e. The lowest BCUT2D eigenvalue weighted by Gasteiger charge is -2.33. The molecule has 9 nitrogen and oxygen atoms in total. The number of hydrogen-bond donors (Lipinski definition) is 1. The molecule has 0 saturated carbocycles. The summed E-state index contributed by atoms with van der Waals surface area (Å²) in [5, 5.41) is 2.63. The van der Waals surface area contributed by atoms with Gasteiger partial charge >= 0.3 is 0 Å². The van der Waals surface area contributed by atoms with Gasteiger partial charge in [0.1, 0.15) is 29.8 Å². The minimum atomic E-state index is -4.18. The summed E-state index contributed by atoms with van der Waals surface area (Å²) in [5.74, 6) is 0.917. The number of anilines is 1. The van der Waals surface area contributed by atoms with Crippen molar-refractivity contribution in [3.8, 4) is 17.2 Å². The van der Waals surface area contributed by atoms with Gasteiger partial charge in [-0.25, -0.2) is 8.42 Å². The van der Waals surface area contributed by atoms with Gasteiger partial charge in [0.05, 0.1) is 17.7 Å². The van der Waals surface area contributed by atoms with Gasteiger partial charge in [-0.15, -0.1) is 0 Å². The van der Waals surface area contributed by atoms with Crippen molar-refractivity contribution in [2.24, 2.45) is 0 Å². The van der Waals surface area contributed by atoms with E-state index >= 15 is 0 Å². The first-order valence-electron chi connectivity index (χ1n) is 14.2. The summed E-state index contributed by atoms with van der Waals surface area (Å²) in [4.78, 5) is 28.5. The van der Waals surface area contributed by atoms with Crippen molar-refractivity contribution in [1.29, 1.82) is 0 Å². The molecule has 2 amide bonds. The predicted molar refractivity (Wildman–Crippen MR) is 170 cm³/mol. The molecular weight excluding hydrogens is 578 g/mol. The zero-order chi connectivity index (χ0) is 31.7. The lowest BCUT2D eigenvalue weighted by molar-refractivity contribution is -0.140. The average molecular weight is 616 g/mol. The summed E-state index contributed by atoms with van der Waals surface area (Å²) in [6.07, 6.45) is 0.331. The third-order valence-electron chi connectivity index (χ3n) is 7.14. The predicted octanol–water partition coefficient (Wildman–Crippen LogP) is 5.54. The zero-order valence-electron chi connectivity index (χ0n) is 25.3. The van der Waals surface area contributed by atoms with E-state index in [1.54, 1.807) is 62.6 Å². The Labute approximate surface area is 259 Å². The highest BCUT2D eigenvalue weighted by atomic mass is 32.2. The number of rotatable bonds is 13. The van der Waals surface area contributed by atoms with E-state index in [0.29, 0.717) is 23.7 Å². The van der Waals surface area contributed by atoms with Crippen LogP contribution in [0.15, 0.2) is 108 Å². The first-order chi connectivity index (χ1) is 21.2. The molecule has 0 aromatic heterocycles. The molecule has 44 heavy (non-hydrogen) atoms. The molecule has 0 fully saturated rings. The maximum atomic E-state index is 14.1. The van der Waals surface area contributed by atoms with Gasteiger partial charge in [-0.2, -0.15) is 0 Å². The number of nitrogens with one attached hydrogen (secondary N) is 1. The number of likely N-dealkylation sites (N-methyl/N-ethyl adjacent to an activating group) is 1. The van der Waals surface area contributed by atoms with Crippen molar-refractivity contribution in [3.05, 3.63) is 114 Å². The van der Waals surface area contributed by atoms with Crippen molar-refractivity contribution in [3.63, 3.8) is 0 Å². The number of sulfonamides is 1. The van der Waals surface area contributed by atoms with Crippen molar-refractivity contribution in [2.45, 2.75) is 37.8 Å². The topological polar surface area (TPSA) is 105 Å². The molecule has 10 heteroatoms. The molecule has 4 aromatic carbocycles. The second kappa shape index (κ2) is 14.6. The quantitative estimate of drug-likeness (QED) is 0.212. The highest BCUT2D eigenvalue weighted by Crippen LogP contribution is 2.29. The third-order valence-corrected chi connectivity index (χ3v) is 8.92. The van der Waals surface area contributed by atoms with Crippen molar-refractivity contribution in [2.75, 3.05) is 25.0 Å². The Morgan fingerprint density at radius 1 is 0.818 bits per heavy atom. The van der Waals surface area contributed by atoms with Crippen molar-refractivity contribution < 1.29 is 27.5 Å². The van der Waals surface area contributed by atoms with E-state index in [0.717, 1.165) is 15.4 Å². The van der Waals surface area contributed by atoms with Gasteiger partial charge in [-0.1, -0.05) is 55.0 Å². The molecule has 1 N–H and O–H groups in total. The van der Waals surface area contributed by atoms with Crippen LogP contribution in [0.25, 0.3) is 0 Å². The molecule has 0 saturated heterocycles. The number of ether oxygens (including phenoxy) is 2. The maximum Gasteiger partial charge on any atom is 0.264 e.